The van der Waals surface area contributed by atoms with Crippen molar-refractivity contribution in [3.05, 3.63) is 40.6 Å². The van der Waals surface area contributed by atoms with Crippen LogP contribution >= 0.6 is 15.9 Å². The Morgan fingerprint density at radius 2 is 2.05 bits per heavy atom. The van der Waals surface area contributed by atoms with E-state index in [-0.39, 0.29) is 11.7 Å². The number of pyridine rings is 1. The predicted molar refractivity (Wildman–Crippen MR) is 83.2 cm³/mol. The lowest BCUT2D eigenvalue weighted by molar-refractivity contribution is 0.260. The largest absolute Gasteiger partial charge is 0.476 e. The van der Waals surface area contributed by atoms with Crippen LogP contribution in [0.4, 0.5) is 10.1 Å². The number of hydrogen-bond acceptors (Lipinski definition) is 4. The Morgan fingerprint density at radius 3 is 2.76 bits per heavy atom. The molecule has 1 aromatic carbocycles. The van der Waals surface area contributed by atoms with E-state index in [1.807, 2.05) is 13.8 Å². The summed E-state index contributed by atoms with van der Waals surface area (Å²) in [5.41, 5.74) is 6.24. The van der Waals surface area contributed by atoms with Crippen LogP contribution < -0.4 is 15.2 Å². The minimum Gasteiger partial charge on any atom is -0.476 e. The first-order valence-corrected chi connectivity index (χ1v) is 7.27. The van der Waals surface area contributed by atoms with Crippen molar-refractivity contribution in [2.75, 3.05) is 12.3 Å². The van der Waals surface area contributed by atoms with Crippen LogP contribution in [-0.4, -0.2) is 11.6 Å². The molecule has 0 radical (unpaired) electrons. The second-order valence-corrected chi connectivity index (χ2v) is 5.78. The van der Waals surface area contributed by atoms with Crippen LogP contribution in [0.3, 0.4) is 0 Å². The molecule has 6 heteroatoms. The van der Waals surface area contributed by atoms with Gasteiger partial charge in [-0.3, -0.25) is 0 Å². The van der Waals surface area contributed by atoms with Gasteiger partial charge in [0, 0.05) is 12.1 Å². The van der Waals surface area contributed by atoms with Crippen molar-refractivity contribution in [2.24, 2.45) is 5.92 Å². The molecule has 21 heavy (non-hydrogen) atoms. The van der Waals surface area contributed by atoms with Crippen LogP contribution in [-0.2, 0) is 0 Å². The van der Waals surface area contributed by atoms with E-state index in [0.29, 0.717) is 34.3 Å². The second kappa shape index (κ2) is 6.76. The lowest BCUT2D eigenvalue weighted by Crippen LogP contribution is -2.07. The average molecular weight is 355 g/mol. The summed E-state index contributed by atoms with van der Waals surface area (Å²) in [4.78, 5) is 4.20. The molecule has 0 spiro atoms. The summed E-state index contributed by atoms with van der Waals surface area (Å²) in [5.74, 6) is 0.901. The average Bonchev–Trinajstić information content (AvgIpc) is 2.43. The Labute approximate surface area is 131 Å². The highest BCUT2D eigenvalue weighted by molar-refractivity contribution is 9.10. The third-order valence-corrected chi connectivity index (χ3v) is 3.18. The highest BCUT2D eigenvalue weighted by Crippen LogP contribution is 2.31. The number of halogens is 2. The van der Waals surface area contributed by atoms with Crippen LogP contribution in [0.1, 0.15) is 13.8 Å². The summed E-state index contributed by atoms with van der Waals surface area (Å²) >= 11 is 3.30. The minimum absolute atomic E-state index is 0.286. The zero-order chi connectivity index (χ0) is 15.4. The molecule has 2 N–H and O–H groups in total. The summed E-state index contributed by atoms with van der Waals surface area (Å²) in [6.07, 6.45) is 0. The van der Waals surface area contributed by atoms with Crippen molar-refractivity contribution in [1.82, 2.24) is 4.98 Å². The molecule has 0 fully saturated rings. The van der Waals surface area contributed by atoms with Gasteiger partial charge in [0.05, 0.1) is 16.8 Å². The molecule has 1 heterocycles. The Bertz CT molecular complexity index is 635. The summed E-state index contributed by atoms with van der Waals surface area (Å²) in [5, 5.41) is 0. The maximum atomic E-state index is 13.2. The van der Waals surface area contributed by atoms with Gasteiger partial charge in [-0.2, -0.15) is 4.98 Å². The Kier molecular flexibility index (Phi) is 5.01. The van der Waals surface area contributed by atoms with Gasteiger partial charge in [-0.05, 0) is 40.0 Å². The first-order valence-electron chi connectivity index (χ1n) is 6.48. The van der Waals surface area contributed by atoms with E-state index in [2.05, 4.69) is 20.9 Å². The lowest BCUT2D eigenvalue weighted by atomic mass is 10.2. The zero-order valence-electron chi connectivity index (χ0n) is 11.8. The van der Waals surface area contributed by atoms with Gasteiger partial charge >= 0.3 is 0 Å². The Morgan fingerprint density at radius 1 is 1.29 bits per heavy atom. The third kappa shape index (κ3) is 4.32. The molecule has 0 saturated carbocycles. The van der Waals surface area contributed by atoms with E-state index in [1.165, 1.54) is 12.1 Å². The molecular formula is C15H16BrFN2O2. The van der Waals surface area contributed by atoms with Gasteiger partial charge < -0.3 is 15.2 Å². The highest BCUT2D eigenvalue weighted by atomic mass is 79.9. The minimum atomic E-state index is -0.389. The molecule has 0 bridgehead atoms. The normalized spacial score (nSPS) is 10.7. The smallest absolute Gasteiger partial charge is 0.240 e. The Hall–Kier alpha value is -1.82. The van der Waals surface area contributed by atoms with Gasteiger partial charge in [-0.1, -0.05) is 13.8 Å². The maximum absolute atomic E-state index is 13.2. The fraction of sp³-hybridized carbons (Fsp3) is 0.267. The van der Waals surface area contributed by atoms with Gasteiger partial charge in [0.15, 0.2) is 0 Å². The van der Waals surface area contributed by atoms with Crippen LogP contribution in [0.15, 0.2) is 34.8 Å². The molecule has 0 unspecified atom stereocenters. The van der Waals surface area contributed by atoms with Gasteiger partial charge in [0.1, 0.15) is 11.6 Å². The molecule has 112 valence electrons. The number of hydrogen-bond donors (Lipinski definition) is 1. The van der Waals surface area contributed by atoms with Crippen molar-refractivity contribution in [3.63, 3.8) is 0 Å². The first-order chi connectivity index (χ1) is 9.95. The van der Waals surface area contributed by atoms with Gasteiger partial charge in [0.25, 0.3) is 0 Å². The van der Waals surface area contributed by atoms with Crippen molar-refractivity contribution in [2.45, 2.75) is 13.8 Å². The fourth-order valence-electron chi connectivity index (χ4n) is 1.52. The fourth-order valence-corrected chi connectivity index (χ4v) is 1.85. The lowest BCUT2D eigenvalue weighted by Gasteiger charge is -2.12. The zero-order valence-corrected chi connectivity index (χ0v) is 13.4. The van der Waals surface area contributed by atoms with Crippen molar-refractivity contribution in [3.8, 4) is 17.5 Å². The second-order valence-electron chi connectivity index (χ2n) is 4.93. The molecule has 0 amide bonds. The van der Waals surface area contributed by atoms with E-state index < -0.39 is 0 Å². The molecule has 2 rings (SSSR count). The van der Waals surface area contributed by atoms with Gasteiger partial charge in [-0.15, -0.1) is 0 Å². The number of anilines is 1. The van der Waals surface area contributed by atoms with E-state index in [9.17, 15) is 4.39 Å². The Balaban J connectivity index is 2.20. The van der Waals surface area contributed by atoms with E-state index in [1.54, 1.807) is 18.2 Å². The van der Waals surface area contributed by atoms with Crippen LogP contribution in [0.5, 0.6) is 17.5 Å². The number of nitrogen functional groups attached to an aromatic ring is 1. The molecule has 0 aliphatic carbocycles. The van der Waals surface area contributed by atoms with Crippen molar-refractivity contribution >= 4 is 21.6 Å². The van der Waals surface area contributed by atoms with Gasteiger partial charge in [-0.25, -0.2) is 4.39 Å². The van der Waals surface area contributed by atoms with E-state index >= 15 is 0 Å². The number of nitrogens with zero attached hydrogens (tertiary/aromatic N) is 1. The first kappa shape index (κ1) is 15.6. The standard InChI is InChI=1S/C15H16BrFN2O2/c1-9(2)8-20-15-12(18)5-6-14(19-15)21-13-7-10(17)3-4-11(13)16/h3-7,9H,8,18H2,1-2H3. The van der Waals surface area contributed by atoms with E-state index in [4.69, 9.17) is 15.2 Å². The van der Waals surface area contributed by atoms with Crippen molar-refractivity contribution in [1.29, 1.82) is 0 Å². The van der Waals surface area contributed by atoms with Gasteiger partial charge in [0.2, 0.25) is 11.8 Å². The number of aromatic nitrogens is 1. The number of ether oxygens (including phenoxy) is 2. The quantitative estimate of drug-likeness (QED) is 0.864. The maximum Gasteiger partial charge on any atom is 0.240 e. The molecule has 0 atom stereocenters. The molecule has 1 aromatic heterocycles. The third-order valence-electron chi connectivity index (χ3n) is 2.53. The number of benzene rings is 1. The van der Waals surface area contributed by atoms with Crippen LogP contribution in [0, 0.1) is 11.7 Å². The molecule has 4 nitrogen and oxygen atoms in total. The summed E-state index contributed by atoms with van der Waals surface area (Å²) in [7, 11) is 0. The highest BCUT2D eigenvalue weighted by Gasteiger charge is 2.09. The molecule has 0 aliphatic rings. The molecular weight excluding hydrogens is 339 g/mol. The molecule has 0 saturated heterocycles. The SMILES string of the molecule is CC(C)COc1nc(Oc2cc(F)ccc2Br)ccc1N. The van der Waals surface area contributed by atoms with Crippen LogP contribution in [0.25, 0.3) is 0 Å². The topological polar surface area (TPSA) is 57.4 Å². The monoisotopic (exact) mass is 354 g/mol. The molecule has 0 aliphatic heterocycles. The predicted octanol–water partition coefficient (Wildman–Crippen LogP) is 4.39. The summed E-state index contributed by atoms with van der Waals surface area (Å²) in [6, 6.07) is 7.43. The number of nitrogens with two attached hydrogens (primary N) is 1. The van der Waals surface area contributed by atoms with Crippen molar-refractivity contribution < 1.29 is 13.9 Å². The van der Waals surface area contributed by atoms with E-state index in [0.717, 1.165) is 0 Å². The summed E-state index contributed by atoms with van der Waals surface area (Å²) < 4.78 is 25.0. The summed E-state index contributed by atoms with van der Waals surface area (Å²) in [6.45, 7) is 4.56. The molecule has 2 aromatic rings. The number of rotatable bonds is 5. The van der Waals surface area contributed by atoms with Crippen LogP contribution in [0.2, 0.25) is 0 Å².